The number of phenolic OH excluding ortho intramolecular Hbond substituents is 1. The Morgan fingerprint density at radius 2 is 1.85 bits per heavy atom. The highest BCUT2D eigenvalue weighted by Crippen LogP contribution is 2.51. The fourth-order valence-corrected chi connectivity index (χ4v) is 3.15. The van der Waals surface area contributed by atoms with E-state index in [4.69, 9.17) is 18.9 Å². The third-order valence-electron chi connectivity index (χ3n) is 4.46. The van der Waals surface area contributed by atoms with Gasteiger partial charge >= 0.3 is 5.97 Å². The number of ether oxygens (including phenoxy) is 4. The van der Waals surface area contributed by atoms with Gasteiger partial charge < -0.3 is 29.2 Å². The number of benzene rings is 2. The van der Waals surface area contributed by atoms with Gasteiger partial charge in [0.25, 0.3) is 0 Å². The van der Waals surface area contributed by atoms with Crippen molar-refractivity contribution in [3.63, 3.8) is 0 Å². The van der Waals surface area contributed by atoms with Crippen molar-refractivity contribution in [1.82, 2.24) is 0 Å². The van der Waals surface area contributed by atoms with Crippen LogP contribution in [0.2, 0.25) is 0 Å². The van der Waals surface area contributed by atoms with Crippen molar-refractivity contribution in [3.8, 4) is 23.0 Å². The molecule has 0 aliphatic carbocycles. The van der Waals surface area contributed by atoms with Crippen LogP contribution in [0.4, 0.5) is 0 Å². The molecule has 0 amide bonds. The summed E-state index contributed by atoms with van der Waals surface area (Å²) < 4.78 is 21.3. The van der Waals surface area contributed by atoms with Crippen LogP contribution in [-0.2, 0) is 4.74 Å². The zero-order chi connectivity index (χ0) is 18.8. The second kappa shape index (κ2) is 7.13. The number of aliphatic hydroxyl groups is 1. The number of esters is 1. The summed E-state index contributed by atoms with van der Waals surface area (Å²) in [4.78, 5) is 11.9. The molecule has 1 aliphatic rings. The molecule has 0 aromatic heterocycles. The van der Waals surface area contributed by atoms with Crippen LogP contribution in [0.25, 0.3) is 0 Å². The Morgan fingerprint density at radius 3 is 2.46 bits per heavy atom. The highest BCUT2D eigenvalue weighted by molar-refractivity contribution is 5.90. The van der Waals surface area contributed by atoms with Crippen LogP contribution in [0, 0.1) is 0 Å². The van der Waals surface area contributed by atoms with Gasteiger partial charge in [0.15, 0.2) is 23.0 Å². The number of methoxy groups -OCH3 is 3. The number of rotatable bonds is 5. The number of fused-ring (bicyclic) bond motifs is 1. The molecule has 2 aromatic rings. The minimum absolute atomic E-state index is 0.0119. The summed E-state index contributed by atoms with van der Waals surface area (Å²) in [6, 6.07) is 8.04. The van der Waals surface area contributed by atoms with Crippen LogP contribution < -0.4 is 14.2 Å². The summed E-state index contributed by atoms with van der Waals surface area (Å²) in [6.07, 6.45) is -0.522. The lowest BCUT2D eigenvalue weighted by Crippen LogP contribution is -2.13. The predicted molar refractivity (Wildman–Crippen MR) is 92.2 cm³/mol. The predicted octanol–water partition coefficient (Wildman–Crippen LogP) is 2.41. The summed E-state index contributed by atoms with van der Waals surface area (Å²) in [7, 11) is 4.23. The zero-order valence-corrected chi connectivity index (χ0v) is 14.7. The Morgan fingerprint density at radius 1 is 1.12 bits per heavy atom. The fraction of sp³-hybridized carbons (Fsp3) is 0.316. The van der Waals surface area contributed by atoms with Crippen LogP contribution in [0.15, 0.2) is 30.3 Å². The van der Waals surface area contributed by atoms with E-state index in [2.05, 4.69) is 0 Å². The van der Waals surface area contributed by atoms with Crippen molar-refractivity contribution < 1.29 is 34.0 Å². The van der Waals surface area contributed by atoms with Gasteiger partial charge in [0.1, 0.15) is 6.10 Å². The van der Waals surface area contributed by atoms with E-state index in [0.29, 0.717) is 28.4 Å². The number of aromatic hydroxyl groups is 1. The normalized spacial score (nSPS) is 18.0. The number of phenols is 1. The van der Waals surface area contributed by atoms with Gasteiger partial charge in [0.2, 0.25) is 0 Å². The number of hydrogen-bond acceptors (Lipinski definition) is 7. The maximum atomic E-state index is 11.9. The molecule has 0 radical (unpaired) electrons. The van der Waals surface area contributed by atoms with Crippen molar-refractivity contribution in [2.45, 2.75) is 12.0 Å². The average molecular weight is 360 g/mol. The molecule has 7 heteroatoms. The molecular weight excluding hydrogens is 340 g/mol. The maximum absolute atomic E-state index is 11.9. The quantitative estimate of drug-likeness (QED) is 0.791. The first-order chi connectivity index (χ1) is 12.5. The van der Waals surface area contributed by atoms with Crippen molar-refractivity contribution in [2.75, 3.05) is 27.9 Å². The van der Waals surface area contributed by atoms with Crippen LogP contribution in [0.3, 0.4) is 0 Å². The van der Waals surface area contributed by atoms with Crippen molar-refractivity contribution in [1.29, 1.82) is 0 Å². The van der Waals surface area contributed by atoms with Gasteiger partial charge in [-0.05, 0) is 29.8 Å². The molecule has 7 nitrogen and oxygen atoms in total. The molecule has 26 heavy (non-hydrogen) atoms. The molecule has 138 valence electrons. The lowest BCUT2D eigenvalue weighted by Gasteiger charge is -2.18. The molecule has 1 heterocycles. The topological polar surface area (TPSA) is 94.5 Å². The number of carbonyl (C=O) groups is 1. The third kappa shape index (κ3) is 2.90. The Labute approximate surface area is 150 Å². The monoisotopic (exact) mass is 360 g/mol. The molecule has 0 bridgehead atoms. The summed E-state index contributed by atoms with van der Waals surface area (Å²) in [5.74, 6) is 0.250. The van der Waals surface area contributed by atoms with Crippen molar-refractivity contribution >= 4 is 5.97 Å². The first kappa shape index (κ1) is 17.9. The van der Waals surface area contributed by atoms with Crippen LogP contribution in [-0.4, -0.2) is 44.1 Å². The van der Waals surface area contributed by atoms with E-state index in [1.54, 1.807) is 24.3 Å². The van der Waals surface area contributed by atoms with E-state index >= 15 is 0 Å². The minimum atomic E-state index is -0.522. The number of hydrogen-bond donors (Lipinski definition) is 2. The molecule has 0 spiro atoms. The number of carbonyl (C=O) groups excluding carboxylic acids is 1. The van der Waals surface area contributed by atoms with Gasteiger partial charge in [0.05, 0.1) is 39.4 Å². The lowest BCUT2D eigenvalue weighted by molar-refractivity contribution is 0.0600. The third-order valence-corrected chi connectivity index (χ3v) is 4.46. The summed E-state index contributed by atoms with van der Waals surface area (Å²) in [5, 5.41) is 19.8. The largest absolute Gasteiger partial charge is 0.504 e. The minimum Gasteiger partial charge on any atom is -0.504 e. The van der Waals surface area contributed by atoms with E-state index in [-0.39, 0.29) is 12.4 Å². The van der Waals surface area contributed by atoms with E-state index in [1.807, 2.05) is 0 Å². The van der Waals surface area contributed by atoms with E-state index in [9.17, 15) is 15.0 Å². The standard InChI is InChI=1S/C19H20O7/c1-23-15-7-10(4-5-14(15)21)17-13(9-20)12-6-11(19(22)25-3)8-16(24-2)18(12)26-17/h4-8,13,17,20-21H,9H2,1-3H3. The molecular formula is C19H20O7. The molecule has 0 saturated heterocycles. The first-order valence-electron chi connectivity index (χ1n) is 7.98. The van der Waals surface area contributed by atoms with Gasteiger partial charge in [0, 0.05) is 5.56 Å². The van der Waals surface area contributed by atoms with Crippen LogP contribution in [0.5, 0.6) is 23.0 Å². The smallest absolute Gasteiger partial charge is 0.337 e. The average Bonchev–Trinajstić information content (AvgIpc) is 3.05. The molecule has 2 atom stereocenters. The molecule has 0 fully saturated rings. The van der Waals surface area contributed by atoms with E-state index in [0.717, 1.165) is 5.56 Å². The summed E-state index contributed by atoms with van der Waals surface area (Å²) >= 11 is 0. The lowest BCUT2D eigenvalue weighted by atomic mass is 9.90. The van der Waals surface area contributed by atoms with Crippen molar-refractivity contribution in [3.05, 3.63) is 47.0 Å². The molecule has 2 aromatic carbocycles. The second-order valence-electron chi connectivity index (χ2n) is 5.85. The van der Waals surface area contributed by atoms with Gasteiger partial charge in [-0.15, -0.1) is 0 Å². The highest BCUT2D eigenvalue weighted by atomic mass is 16.5. The van der Waals surface area contributed by atoms with Gasteiger partial charge in [-0.1, -0.05) is 6.07 Å². The van der Waals surface area contributed by atoms with Gasteiger partial charge in [-0.2, -0.15) is 0 Å². The van der Waals surface area contributed by atoms with E-state index in [1.165, 1.54) is 27.4 Å². The molecule has 2 unspecified atom stereocenters. The Balaban J connectivity index is 2.07. The molecule has 1 aliphatic heterocycles. The zero-order valence-electron chi connectivity index (χ0n) is 14.7. The molecule has 2 N–H and O–H groups in total. The van der Waals surface area contributed by atoms with Gasteiger partial charge in [-0.3, -0.25) is 0 Å². The Kier molecular flexibility index (Phi) is 4.90. The van der Waals surface area contributed by atoms with Crippen molar-refractivity contribution in [2.24, 2.45) is 0 Å². The first-order valence-corrected chi connectivity index (χ1v) is 7.98. The Bertz CT molecular complexity index is 831. The second-order valence-corrected chi connectivity index (χ2v) is 5.85. The SMILES string of the molecule is COC(=O)c1cc(OC)c2c(c1)C(CO)C(c1ccc(O)c(OC)c1)O2. The van der Waals surface area contributed by atoms with Crippen LogP contribution >= 0.6 is 0 Å². The molecule has 0 saturated carbocycles. The molecule has 3 rings (SSSR count). The number of aliphatic hydroxyl groups excluding tert-OH is 1. The van der Waals surface area contributed by atoms with Gasteiger partial charge in [-0.25, -0.2) is 4.79 Å². The highest BCUT2D eigenvalue weighted by Gasteiger charge is 2.38. The maximum Gasteiger partial charge on any atom is 0.337 e. The van der Waals surface area contributed by atoms with Crippen LogP contribution in [0.1, 0.15) is 33.5 Å². The summed E-state index contributed by atoms with van der Waals surface area (Å²) in [5.41, 5.74) is 1.69. The summed E-state index contributed by atoms with van der Waals surface area (Å²) in [6.45, 7) is -0.200. The Hall–Kier alpha value is -2.93. The van der Waals surface area contributed by atoms with E-state index < -0.39 is 18.0 Å². The fourth-order valence-electron chi connectivity index (χ4n) is 3.15.